The van der Waals surface area contributed by atoms with Gasteiger partial charge < -0.3 is 10.2 Å². The van der Waals surface area contributed by atoms with Crippen molar-refractivity contribution in [2.45, 2.75) is 38.8 Å². The van der Waals surface area contributed by atoms with Gasteiger partial charge in [-0.05, 0) is 43.5 Å². The molecule has 0 bridgehead atoms. The van der Waals surface area contributed by atoms with Crippen LogP contribution in [0.3, 0.4) is 0 Å². The molecular weight excluding hydrogens is 246 g/mol. The Kier molecular flexibility index (Phi) is 4.27. The first kappa shape index (κ1) is 13.9. The van der Waals surface area contributed by atoms with Crippen LogP contribution in [-0.2, 0) is 13.0 Å². The van der Waals surface area contributed by atoms with E-state index in [9.17, 15) is 0 Å². The van der Waals surface area contributed by atoms with Gasteiger partial charge in [-0.3, -0.25) is 4.90 Å². The van der Waals surface area contributed by atoms with Gasteiger partial charge in [0.05, 0.1) is 0 Å². The maximum absolute atomic E-state index is 3.50. The van der Waals surface area contributed by atoms with Crippen LogP contribution in [0.15, 0.2) is 18.2 Å². The minimum Gasteiger partial charge on any atom is -0.385 e. The molecule has 0 saturated carbocycles. The number of nitrogens with one attached hydrogen (secondary N) is 1. The molecule has 1 N–H and O–H groups in total. The Hall–Kier alpha value is -1.06. The van der Waals surface area contributed by atoms with Crippen molar-refractivity contribution in [2.75, 3.05) is 38.5 Å². The van der Waals surface area contributed by atoms with Crippen LogP contribution in [0.1, 0.15) is 30.9 Å². The van der Waals surface area contributed by atoms with Crippen LogP contribution in [0.4, 0.5) is 5.69 Å². The Morgan fingerprint density at radius 3 is 3.05 bits per heavy atom. The molecule has 2 aliphatic heterocycles. The van der Waals surface area contributed by atoms with Crippen LogP contribution < -0.4 is 5.32 Å². The van der Waals surface area contributed by atoms with Crippen molar-refractivity contribution in [3.05, 3.63) is 29.3 Å². The van der Waals surface area contributed by atoms with Crippen LogP contribution in [0.2, 0.25) is 0 Å². The lowest BCUT2D eigenvalue weighted by Crippen LogP contribution is -2.50. The summed E-state index contributed by atoms with van der Waals surface area (Å²) in [4.78, 5) is 5.12. The Labute approximate surface area is 123 Å². The van der Waals surface area contributed by atoms with Crippen LogP contribution in [0, 0.1) is 0 Å². The van der Waals surface area contributed by atoms with Crippen LogP contribution in [0.5, 0.6) is 0 Å². The second-order valence-corrected chi connectivity index (χ2v) is 6.30. The molecule has 20 heavy (non-hydrogen) atoms. The maximum Gasteiger partial charge on any atom is 0.0372 e. The summed E-state index contributed by atoms with van der Waals surface area (Å²) in [7, 11) is 2.26. The summed E-state index contributed by atoms with van der Waals surface area (Å²) < 4.78 is 0. The summed E-state index contributed by atoms with van der Waals surface area (Å²) in [5.74, 6) is 0. The van der Waals surface area contributed by atoms with Gasteiger partial charge >= 0.3 is 0 Å². The van der Waals surface area contributed by atoms with Gasteiger partial charge in [0.2, 0.25) is 0 Å². The highest BCUT2D eigenvalue weighted by atomic mass is 15.3. The van der Waals surface area contributed by atoms with E-state index in [4.69, 9.17) is 0 Å². The molecule has 0 aliphatic carbocycles. The second-order valence-electron chi connectivity index (χ2n) is 6.30. The first-order valence-corrected chi connectivity index (χ1v) is 8.04. The normalized spacial score (nSPS) is 24.2. The lowest BCUT2D eigenvalue weighted by atomic mass is 10.0. The molecule has 1 aromatic rings. The molecule has 1 aromatic carbocycles. The van der Waals surface area contributed by atoms with E-state index in [1.807, 2.05) is 0 Å². The molecule has 0 amide bonds. The number of fused-ring (bicyclic) bond motifs is 1. The number of piperazine rings is 1. The molecular formula is C17H27N3. The first-order valence-electron chi connectivity index (χ1n) is 8.04. The quantitative estimate of drug-likeness (QED) is 0.913. The summed E-state index contributed by atoms with van der Waals surface area (Å²) in [6.45, 7) is 8.14. The maximum atomic E-state index is 3.50. The predicted molar refractivity (Wildman–Crippen MR) is 85.2 cm³/mol. The van der Waals surface area contributed by atoms with Crippen molar-refractivity contribution in [1.29, 1.82) is 0 Å². The zero-order valence-corrected chi connectivity index (χ0v) is 12.9. The van der Waals surface area contributed by atoms with Gasteiger partial charge in [0.1, 0.15) is 0 Å². The van der Waals surface area contributed by atoms with Crippen molar-refractivity contribution in [2.24, 2.45) is 0 Å². The molecule has 110 valence electrons. The average molecular weight is 273 g/mol. The summed E-state index contributed by atoms with van der Waals surface area (Å²) >= 11 is 0. The van der Waals surface area contributed by atoms with E-state index in [1.54, 1.807) is 0 Å². The Balaban J connectivity index is 1.65. The van der Waals surface area contributed by atoms with E-state index in [0.717, 1.165) is 19.1 Å². The van der Waals surface area contributed by atoms with E-state index >= 15 is 0 Å². The number of rotatable bonds is 3. The minimum atomic E-state index is 0.725. The molecule has 0 aromatic heterocycles. The smallest absolute Gasteiger partial charge is 0.0372 e. The number of hydrogen-bond acceptors (Lipinski definition) is 3. The lowest BCUT2D eigenvalue weighted by Gasteiger charge is -2.39. The van der Waals surface area contributed by atoms with Crippen molar-refractivity contribution < 1.29 is 0 Å². The molecule has 3 nitrogen and oxygen atoms in total. The second kappa shape index (κ2) is 6.15. The Morgan fingerprint density at radius 1 is 1.30 bits per heavy atom. The minimum absolute atomic E-state index is 0.725. The standard InChI is InChI=1S/C17H27N3/c1-3-16-13-20(10-9-19(16)2)12-14-6-7-17-15(11-14)5-4-8-18-17/h6-7,11,16,18H,3-5,8-10,12-13H2,1-2H3. The van der Waals surface area contributed by atoms with Crippen molar-refractivity contribution in [3.63, 3.8) is 0 Å². The van der Waals surface area contributed by atoms with Gasteiger partial charge in [-0.15, -0.1) is 0 Å². The molecule has 2 heterocycles. The van der Waals surface area contributed by atoms with Crippen molar-refractivity contribution in [1.82, 2.24) is 9.80 Å². The fourth-order valence-electron chi connectivity index (χ4n) is 3.48. The summed E-state index contributed by atoms with van der Waals surface area (Å²) in [6.07, 6.45) is 3.75. The van der Waals surface area contributed by atoms with Crippen LogP contribution in [0.25, 0.3) is 0 Å². The van der Waals surface area contributed by atoms with Crippen molar-refractivity contribution >= 4 is 5.69 Å². The monoisotopic (exact) mass is 273 g/mol. The lowest BCUT2D eigenvalue weighted by molar-refractivity contribution is 0.0883. The topological polar surface area (TPSA) is 18.5 Å². The Morgan fingerprint density at radius 2 is 2.20 bits per heavy atom. The fraction of sp³-hybridized carbons (Fsp3) is 0.647. The molecule has 0 radical (unpaired) electrons. The molecule has 1 atom stereocenters. The van der Waals surface area contributed by atoms with Gasteiger partial charge in [0.15, 0.2) is 0 Å². The SMILES string of the molecule is CCC1CN(Cc2ccc3c(c2)CCCN3)CCN1C. The molecule has 3 rings (SSSR count). The Bertz CT molecular complexity index is 458. The van der Waals surface area contributed by atoms with E-state index in [2.05, 4.69) is 47.3 Å². The predicted octanol–water partition coefficient (Wildman–Crippen LogP) is 2.57. The number of benzene rings is 1. The molecule has 1 saturated heterocycles. The summed E-state index contributed by atoms with van der Waals surface area (Å²) in [5, 5.41) is 3.50. The highest BCUT2D eigenvalue weighted by Crippen LogP contribution is 2.24. The average Bonchev–Trinajstić information content (AvgIpc) is 2.49. The summed E-state index contributed by atoms with van der Waals surface area (Å²) in [6, 6.07) is 7.72. The zero-order valence-electron chi connectivity index (χ0n) is 12.9. The fourth-order valence-corrected chi connectivity index (χ4v) is 3.48. The van der Waals surface area contributed by atoms with Crippen LogP contribution >= 0.6 is 0 Å². The summed E-state index contributed by atoms with van der Waals surface area (Å²) in [5.41, 5.74) is 4.34. The van der Waals surface area contributed by atoms with Crippen molar-refractivity contribution in [3.8, 4) is 0 Å². The molecule has 1 unspecified atom stereocenters. The van der Waals surface area contributed by atoms with E-state index in [-0.39, 0.29) is 0 Å². The third-order valence-electron chi connectivity index (χ3n) is 4.85. The van der Waals surface area contributed by atoms with Gasteiger partial charge in [-0.2, -0.15) is 0 Å². The van der Waals surface area contributed by atoms with Gasteiger partial charge in [-0.1, -0.05) is 19.1 Å². The third kappa shape index (κ3) is 2.99. The highest BCUT2D eigenvalue weighted by Gasteiger charge is 2.22. The van der Waals surface area contributed by atoms with E-state index in [0.29, 0.717) is 0 Å². The van der Waals surface area contributed by atoms with Gasteiger partial charge in [-0.25, -0.2) is 0 Å². The third-order valence-corrected chi connectivity index (χ3v) is 4.85. The number of likely N-dealkylation sites (N-methyl/N-ethyl adjacent to an activating group) is 1. The zero-order chi connectivity index (χ0) is 13.9. The number of nitrogens with zero attached hydrogens (tertiary/aromatic N) is 2. The molecule has 3 heteroatoms. The largest absolute Gasteiger partial charge is 0.385 e. The number of hydrogen-bond donors (Lipinski definition) is 1. The number of anilines is 1. The molecule has 0 spiro atoms. The highest BCUT2D eigenvalue weighted by molar-refractivity contribution is 5.54. The van der Waals surface area contributed by atoms with E-state index in [1.165, 1.54) is 55.7 Å². The van der Waals surface area contributed by atoms with Crippen LogP contribution in [-0.4, -0.2) is 49.1 Å². The molecule has 1 fully saturated rings. The first-order chi connectivity index (χ1) is 9.76. The van der Waals surface area contributed by atoms with Gasteiger partial charge in [0, 0.05) is 44.5 Å². The van der Waals surface area contributed by atoms with E-state index < -0.39 is 0 Å². The molecule has 2 aliphatic rings. The van der Waals surface area contributed by atoms with Gasteiger partial charge in [0.25, 0.3) is 0 Å². The number of aryl methyl sites for hydroxylation is 1.